The Kier molecular flexibility index (Phi) is 6.22. The number of nitrogens with zero attached hydrogens (tertiary/aromatic N) is 1. The third-order valence-corrected chi connectivity index (χ3v) is 3.32. The van der Waals surface area contributed by atoms with Crippen molar-refractivity contribution in [2.24, 2.45) is 0 Å². The predicted molar refractivity (Wildman–Crippen MR) is 86.6 cm³/mol. The number of hydrogen-bond donors (Lipinski definition) is 1. The molecule has 3 heteroatoms. The Bertz CT molecular complexity index is 528. The second-order valence-electron chi connectivity index (χ2n) is 5.06. The van der Waals surface area contributed by atoms with E-state index in [1.165, 1.54) is 5.56 Å². The molecule has 0 bridgehead atoms. The van der Waals surface area contributed by atoms with Crippen LogP contribution < -0.4 is 10.1 Å². The first kappa shape index (κ1) is 15.5. The quantitative estimate of drug-likeness (QED) is 0.801. The van der Waals surface area contributed by atoms with Gasteiger partial charge in [-0.25, -0.2) is 0 Å². The van der Waals surface area contributed by atoms with Gasteiger partial charge in [-0.3, -0.25) is 4.98 Å². The first-order valence-electron chi connectivity index (χ1n) is 7.69. The third kappa shape index (κ3) is 4.87. The molecule has 0 fully saturated rings. The van der Waals surface area contributed by atoms with E-state index in [4.69, 9.17) is 4.74 Å². The normalized spacial score (nSPS) is 12.1. The zero-order chi connectivity index (χ0) is 14.9. The Labute approximate surface area is 127 Å². The van der Waals surface area contributed by atoms with Gasteiger partial charge < -0.3 is 10.1 Å². The molecule has 1 atom stereocenters. The summed E-state index contributed by atoms with van der Waals surface area (Å²) in [6.07, 6.45) is 3.75. The molecule has 0 amide bonds. The van der Waals surface area contributed by atoms with Crippen LogP contribution in [0, 0.1) is 0 Å². The van der Waals surface area contributed by atoms with E-state index < -0.39 is 0 Å². The van der Waals surface area contributed by atoms with Gasteiger partial charge in [-0.15, -0.1) is 0 Å². The summed E-state index contributed by atoms with van der Waals surface area (Å²) >= 11 is 0. The number of hydrogen-bond acceptors (Lipinski definition) is 3. The maximum Gasteiger partial charge on any atom is 0.119 e. The lowest BCUT2D eigenvalue weighted by Crippen LogP contribution is -2.23. The maximum atomic E-state index is 5.73. The Hall–Kier alpha value is -1.87. The average Bonchev–Trinajstić information content (AvgIpc) is 2.54. The van der Waals surface area contributed by atoms with Crippen molar-refractivity contribution in [1.29, 1.82) is 0 Å². The fourth-order valence-corrected chi connectivity index (χ4v) is 2.32. The Morgan fingerprint density at radius 1 is 1.14 bits per heavy atom. The largest absolute Gasteiger partial charge is 0.494 e. The van der Waals surface area contributed by atoms with Crippen molar-refractivity contribution in [3.05, 3.63) is 59.9 Å². The lowest BCUT2D eigenvalue weighted by Gasteiger charge is -2.19. The zero-order valence-electron chi connectivity index (χ0n) is 12.9. The molecule has 2 aromatic rings. The molecule has 0 aliphatic rings. The molecule has 1 N–H and O–H groups in total. The number of rotatable bonds is 8. The molecule has 0 saturated heterocycles. The van der Waals surface area contributed by atoms with Crippen LogP contribution in [0.25, 0.3) is 0 Å². The summed E-state index contributed by atoms with van der Waals surface area (Å²) in [4.78, 5) is 4.43. The summed E-state index contributed by atoms with van der Waals surface area (Å²) in [5.74, 6) is 0.943. The number of aromatic nitrogens is 1. The van der Waals surface area contributed by atoms with Crippen LogP contribution in [0.5, 0.6) is 5.75 Å². The van der Waals surface area contributed by atoms with Gasteiger partial charge in [-0.2, -0.15) is 0 Å². The number of ether oxygens (including phenoxy) is 1. The van der Waals surface area contributed by atoms with Crippen LogP contribution >= 0.6 is 0 Å². The van der Waals surface area contributed by atoms with Crippen LogP contribution in [0.15, 0.2) is 48.7 Å². The van der Waals surface area contributed by atoms with Crippen molar-refractivity contribution in [2.75, 3.05) is 13.2 Å². The van der Waals surface area contributed by atoms with Crippen molar-refractivity contribution in [3.63, 3.8) is 0 Å². The van der Waals surface area contributed by atoms with Crippen LogP contribution in [-0.4, -0.2) is 18.1 Å². The highest BCUT2D eigenvalue weighted by atomic mass is 16.5. The van der Waals surface area contributed by atoms with Gasteiger partial charge >= 0.3 is 0 Å². The maximum absolute atomic E-state index is 5.73. The van der Waals surface area contributed by atoms with Crippen LogP contribution in [-0.2, 0) is 6.42 Å². The van der Waals surface area contributed by atoms with E-state index in [-0.39, 0.29) is 6.04 Å². The molecule has 1 heterocycles. The molecule has 1 aromatic carbocycles. The Balaban J connectivity index is 2.13. The summed E-state index contributed by atoms with van der Waals surface area (Å²) in [7, 11) is 0. The highest BCUT2D eigenvalue weighted by Gasteiger charge is 2.12. The van der Waals surface area contributed by atoms with Crippen molar-refractivity contribution in [1.82, 2.24) is 10.3 Å². The van der Waals surface area contributed by atoms with Crippen LogP contribution in [0.4, 0.5) is 0 Å². The van der Waals surface area contributed by atoms with Gasteiger partial charge in [-0.05, 0) is 42.8 Å². The molecule has 0 aliphatic carbocycles. The fourth-order valence-electron chi connectivity index (χ4n) is 2.32. The van der Waals surface area contributed by atoms with Gasteiger partial charge in [0.05, 0.1) is 6.61 Å². The van der Waals surface area contributed by atoms with Gasteiger partial charge in [0.25, 0.3) is 0 Å². The minimum Gasteiger partial charge on any atom is -0.494 e. The molecule has 0 radical (unpaired) electrons. The first-order valence-corrected chi connectivity index (χ1v) is 7.69. The number of likely N-dealkylation sites (N-methyl/N-ethyl adjacent to an activating group) is 1. The Morgan fingerprint density at radius 2 is 2.05 bits per heavy atom. The predicted octanol–water partition coefficient (Wildman–Crippen LogP) is 3.76. The van der Waals surface area contributed by atoms with Gasteiger partial charge in [0.1, 0.15) is 5.75 Å². The molecule has 112 valence electrons. The van der Waals surface area contributed by atoms with Gasteiger partial charge in [0.2, 0.25) is 0 Å². The molecule has 0 aliphatic heterocycles. The lowest BCUT2D eigenvalue weighted by atomic mass is 10.0. The van der Waals surface area contributed by atoms with Crippen LogP contribution in [0.3, 0.4) is 0 Å². The highest BCUT2D eigenvalue weighted by Crippen LogP contribution is 2.22. The second kappa shape index (κ2) is 8.42. The van der Waals surface area contributed by atoms with E-state index in [1.54, 1.807) is 0 Å². The molecule has 21 heavy (non-hydrogen) atoms. The summed E-state index contributed by atoms with van der Waals surface area (Å²) in [5, 5.41) is 3.54. The van der Waals surface area contributed by atoms with Crippen molar-refractivity contribution in [2.45, 2.75) is 32.7 Å². The average molecular weight is 284 g/mol. The molecular weight excluding hydrogens is 260 g/mol. The standard InChI is InChI=1S/C18H24N2O/c1-3-12-21-17-10-7-8-15(13-17)18(19-4-2)14-16-9-5-6-11-20-16/h5-11,13,18-19H,3-4,12,14H2,1-2H3. The summed E-state index contributed by atoms with van der Waals surface area (Å²) in [5.41, 5.74) is 2.35. The smallest absolute Gasteiger partial charge is 0.119 e. The number of pyridine rings is 1. The van der Waals surface area contributed by atoms with Crippen molar-refractivity contribution >= 4 is 0 Å². The third-order valence-electron chi connectivity index (χ3n) is 3.32. The number of nitrogens with one attached hydrogen (secondary N) is 1. The SMILES string of the molecule is CCCOc1cccc(C(Cc2ccccn2)NCC)c1. The minimum absolute atomic E-state index is 0.259. The summed E-state index contributed by atoms with van der Waals surface area (Å²) < 4.78 is 5.73. The van der Waals surface area contributed by atoms with Crippen LogP contribution in [0.2, 0.25) is 0 Å². The highest BCUT2D eigenvalue weighted by molar-refractivity contribution is 5.31. The topological polar surface area (TPSA) is 34.1 Å². The first-order chi connectivity index (χ1) is 10.3. The molecular formula is C18H24N2O. The summed E-state index contributed by atoms with van der Waals surface area (Å²) in [6, 6.07) is 14.7. The number of benzene rings is 1. The van der Waals surface area contributed by atoms with E-state index in [2.05, 4.69) is 48.4 Å². The monoisotopic (exact) mass is 284 g/mol. The van der Waals surface area contributed by atoms with E-state index >= 15 is 0 Å². The van der Waals surface area contributed by atoms with Gasteiger partial charge in [-0.1, -0.05) is 32.0 Å². The molecule has 0 saturated carbocycles. The molecule has 2 rings (SSSR count). The lowest BCUT2D eigenvalue weighted by molar-refractivity contribution is 0.316. The molecule has 0 spiro atoms. The van der Waals surface area contributed by atoms with E-state index in [9.17, 15) is 0 Å². The molecule has 1 aromatic heterocycles. The minimum atomic E-state index is 0.259. The summed E-state index contributed by atoms with van der Waals surface area (Å²) in [6.45, 7) is 5.93. The van der Waals surface area contributed by atoms with Crippen LogP contribution in [0.1, 0.15) is 37.6 Å². The van der Waals surface area contributed by atoms with Gasteiger partial charge in [0.15, 0.2) is 0 Å². The molecule has 1 unspecified atom stereocenters. The van der Waals surface area contributed by atoms with Gasteiger partial charge in [0, 0.05) is 24.4 Å². The zero-order valence-corrected chi connectivity index (χ0v) is 12.9. The van der Waals surface area contributed by atoms with Crippen molar-refractivity contribution in [3.8, 4) is 5.75 Å². The van der Waals surface area contributed by atoms with E-state index in [0.717, 1.165) is 37.4 Å². The fraction of sp³-hybridized carbons (Fsp3) is 0.389. The van der Waals surface area contributed by atoms with E-state index in [1.807, 2.05) is 24.4 Å². The second-order valence-corrected chi connectivity index (χ2v) is 5.06. The molecule has 3 nitrogen and oxygen atoms in total. The van der Waals surface area contributed by atoms with Crippen molar-refractivity contribution < 1.29 is 4.74 Å². The van der Waals surface area contributed by atoms with E-state index in [0.29, 0.717) is 0 Å². The Morgan fingerprint density at radius 3 is 2.76 bits per heavy atom.